The summed E-state index contributed by atoms with van der Waals surface area (Å²) in [6.45, 7) is 0. The maximum Gasteiger partial charge on any atom is 0.131 e. The van der Waals surface area contributed by atoms with E-state index in [1.54, 1.807) is 5.57 Å². The third-order valence-electron chi connectivity index (χ3n) is 6.15. The largest absolute Gasteiger partial charge is 0.485 e. The van der Waals surface area contributed by atoms with E-state index in [2.05, 4.69) is 72.8 Å². The van der Waals surface area contributed by atoms with Crippen LogP contribution in [0.5, 0.6) is 0 Å². The molecule has 2 atom stereocenters. The molecule has 3 aliphatic rings. The minimum Gasteiger partial charge on any atom is -0.485 e. The molecule has 0 saturated heterocycles. The van der Waals surface area contributed by atoms with Crippen molar-refractivity contribution in [3.8, 4) is 0 Å². The van der Waals surface area contributed by atoms with Gasteiger partial charge in [-0.15, -0.1) is 0 Å². The molecule has 5 rings (SSSR count). The van der Waals surface area contributed by atoms with Crippen molar-refractivity contribution in [2.45, 2.75) is 44.6 Å². The zero-order valence-electron chi connectivity index (χ0n) is 15.7. The predicted molar refractivity (Wildman–Crippen MR) is 111 cm³/mol. The zero-order chi connectivity index (χ0) is 18.1. The van der Waals surface area contributed by atoms with Gasteiger partial charge in [-0.25, -0.2) is 0 Å². The van der Waals surface area contributed by atoms with E-state index >= 15 is 0 Å². The van der Waals surface area contributed by atoms with Crippen LogP contribution in [0.2, 0.25) is 0 Å². The van der Waals surface area contributed by atoms with Crippen molar-refractivity contribution in [3.63, 3.8) is 0 Å². The molecule has 0 fully saturated rings. The van der Waals surface area contributed by atoms with Gasteiger partial charge in [0, 0.05) is 5.92 Å². The molecule has 1 aliphatic heterocycles. The van der Waals surface area contributed by atoms with Gasteiger partial charge in [0.25, 0.3) is 0 Å². The smallest absolute Gasteiger partial charge is 0.131 e. The van der Waals surface area contributed by atoms with Gasteiger partial charge in [0.2, 0.25) is 0 Å². The molecule has 0 bridgehead atoms. The summed E-state index contributed by atoms with van der Waals surface area (Å²) < 4.78 is 6.80. The van der Waals surface area contributed by atoms with Gasteiger partial charge in [0.1, 0.15) is 11.9 Å². The highest BCUT2D eigenvalue weighted by atomic mass is 16.5. The zero-order valence-corrected chi connectivity index (χ0v) is 15.7. The average Bonchev–Trinajstić information content (AvgIpc) is 2.75. The number of fused-ring (bicyclic) bond motifs is 2. The monoisotopic (exact) mass is 354 g/mol. The van der Waals surface area contributed by atoms with Crippen molar-refractivity contribution < 1.29 is 4.74 Å². The van der Waals surface area contributed by atoms with Crippen molar-refractivity contribution in [2.75, 3.05) is 0 Å². The average molecular weight is 354 g/mol. The van der Waals surface area contributed by atoms with Gasteiger partial charge >= 0.3 is 0 Å². The Labute approximate surface area is 162 Å². The Morgan fingerprint density at radius 2 is 1.63 bits per heavy atom. The highest BCUT2D eigenvalue weighted by molar-refractivity contribution is 5.61. The van der Waals surface area contributed by atoms with Crippen LogP contribution in [0.25, 0.3) is 6.08 Å². The minimum atomic E-state index is 0.147. The first-order valence-electron chi connectivity index (χ1n) is 10.3. The molecular formula is C26H26O. The van der Waals surface area contributed by atoms with Crippen molar-refractivity contribution >= 4 is 6.08 Å². The van der Waals surface area contributed by atoms with Gasteiger partial charge in [0.15, 0.2) is 0 Å². The Kier molecular flexibility index (Phi) is 4.45. The Morgan fingerprint density at radius 3 is 2.44 bits per heavy atom. The van der Waals surface area contributed by atoms with Crippen LogP contribution in [0.15, 0.2) is 89.2 Å². The van der Waals surface area contributed by atoms with Crippen LogP contribution in [0.1, 0.15) is 55.8 Å². The first-order valence-corrected chi connectivity index (χ1v) is 10.3. The Bertz CT molecular complexity index is 902. The lowest BCUT2D eigenvalue weighted by Gasteiger charge is -2.41. The first kappa shape index (κ1) is 16.6. The fourth-order valence-corrected chi connectivity index (χ4v) is 4.90. The molecule has 0 unspecified atom stereocenters. The quantitative estimate of drug-likeness (QED) is 0.564. The molecule has 0 N–H and O–H groups in total. The standard InChI is InChI=1S/C26H26O/c1-3-10-19(11-4-1)18-21-14-9-17-24-22-15-7-8-16-23(22)25(27-26(21)24)20-12-5-2-6-13-20/h1-6,10-13,15,18,23,25H,7-9,14,16-17H2/t23-,25+/m1/s1. The maximum absolute atomic E-state index is 6.80. The van der Waals surface area contributed by atoms with Crippen molar-refractivity contribution in [1.82, 2.24) is 0 Å². The third-order valence-corrected chi connectivity index (χ3v) is 6.15. The van der Waals surface area contributed by atoms with E-state index in [0.29, 0.717) is 5.92 Å². The Balaban J connectivity index is 1.60. The van der Waals surface area contributed by atoms with Gasteiger partial charge in [0.05, 0.1) is 0 Å². The van der Waals surface area contributed by atoms with E-state index in [9.17, 15) is 0 Å². The van der Waals surface area contributed by atoms with Crippen molar-refractivity contribution in [3.05, 3.63) is 100 Å². The van der Waals surface area contributed by atoms with Crippen LogP contribution in [-0.4, -0.2) is 0 Å². The van der Waals surface area contributed by atoms with Crippen LogP contribution in [0, 0.1) is 5.92 Å². The number of hydrogen-bond acceptors (Lipinski definition) is 1. The minimum absolute atomic E-state index is 0.147. The van der Waals surface area contributed by atoms with Gasteiger partial charge in [-0.05, 0) is 72.4 Å². The number of ether oxygens (including phenoxy) is 1. The lowest BCUT2D eigenvalue weighted by molar-refractivity contribution is 0.0581. The molecular weight excluding hydrogens is 328 g/mol. The van der Waals surface area contributed by atoms with Crippen molar-refractivity contribution in [1.29, 1.82) is 0 Å². The molecule has 1 nitrogen and oxygen atoms in total. The summed E-state index contributed by atoms with van der Waals surface area (Å²) in [7, 11) is 0. The second-order valence-corrected chi connectivity index (χ2v) is 7.89. The van der Waals surface area contributed by atoms with Crippen LogP contribution >= 0.6 is 0 Å². The molecule has 0 spiro atoms. The fraction of sp³-hybridized carbons (Fsp3) is 0.308. The highest BCUT2D eigenvalue weighted by Gasteiger charge is 2.39. The van der Waals surface area contributed by atoms with Gasteiger partial charge in [-0.2, -0.15) is 0 Å². The number of allylic oxidation sites excluding steroid dienone is 3. The molecule has 1 heteroatoms. The van der Waals surface area contributed by atoms with Crippen LogP contribution < -0.4 is 0 Å². The molecule has 2 aromatic carbocycles. The summed E-state index contributed by atoms with van der Waals surface area (Å²) in [5, 5.41) is 0. The van der Waals surface area contributed by atoms with Crippen LogP contribution in [0.4, 0.5) is 0 Å². The van der Waals surface area contributed by atoms with Crippen molar-refractivity contribution in [2.24, 2.45) is 5.92 Å². The number of benzene rings is 2. The van der Waals surface area contributed by atoms with E-state index in [4.69, 9.17) is 4.74 Å². The lowest BCUT2D eigenvalue weighted by Crippen LogP contribution is -2.28. The van der Waals surface area contributed by atoms with Gasteiger partial charge < -0.3 is 4.74 Å². The van der Waals surface area contributed by atoms with E-state index < -0.39 is 0 Å². The summed E-state index contributed by atoms with van der Waals surface area (Å²) in [4.78, 5) is 0. The summed E-state index contributed by atoms with van der Waals surface area (Å²) in [5.41, 5.74) is 7.01. The molecule has 136 valence electrons. The molecule has 0 saturated carbocycles. The Morgan fingerprint density at radius 1 is 0.852 bits per heavy atom. The van der Waals surface area contributed by atoms with E-state index in [1.165, 1.54) is 53.7 Å². The summed E-state index contributed by atoms with van der Waals surface area (Å²) in [6, 6.07) is 21.5. The highest BCUT2D eigenvalue weighted by Crippen LogP contribution is 2.51. The predicted octanol–water partition coefficient (Wildman–Crippen LogP) is 7.01. The van der Waals surface area contributed by atoms with E-state index in [0.717, 1.165) is 12.8 Å². The first-order chi connectivity index (χ1) is 13.4. The second-order valence-electron chi connectivity index (χ2n) is 7.89. The van der Waals surface area contributed by atoms with Crippen LogP contribution in [-0.2, 0) is 4.74 Å². The molecule has 2 aromatic rings. The number of rotatable bonds is 2. The summed E-state index contributed by atoms with van der Waals surface area (Å²) >= 11 is 0. The summed E-state index contributed by atoms with van der Waals surface area (Å²) in [6.07, 6.45) is 12.2. The second kappa shape index (κ2) is 7.23. The molecule has 0 amide bonds. The molecule has 0 radical (unpaired) electrons. The SMILES string of the molecule is C(=C1CCCC2=C1O[C@@H](c1ccccc1)[C@@H]1CCCC=C21)c1ccccc1. The molecule has 1 heterocycles. The normalized spacial score (nSPS) is 26.1. The van der Waals surface area contributed by atoms with Gasteiger partial charge in [-0.1, -0.05) is 66.7 Å². The summed E-state index contributed by atoms with van der Waals surface area (Å²) in [5.74, 6) is 1.68. The Hall–Kier alpha value is -2.54. The molecule has 27 heavy (non-hydrogen) atoms. The maximum atomic E-state index is 6.80. The number of hydrogen-bond donors (Lipinski definition) is 0. The van der Waals surface area contributed by atoms with E-state index in [-0.39, 0.29) is 6.10 Å². The molecule has 0 aromatic heterocycles. The fourth-order valence-electron chi connectivity index (χ4n) is 4.90. The van der Waals surface area contributed by atoms with E-state index in [1.807, 2.05) is 0 Å². The topological polar surface area (TPSA) is 9.23 Å². The van der Waals surface area contributed by atoms with Crippen LogP contribution in [0.3, 0.4) is 0 Å². The van der Waals surface area contributed by atoms with Gasteiger partial charge in [-0.3, -0.25) is 0 Å². The molecule has 2 aliphatic carbocycles. The third kappa shape index (κ3) is 3.16. The lowest BCUT2D eigenvalue weighted by atomic mass is 9.73.